The number of benzene rings is 1. The summed E-state index contributed by atoms with van der Waals surface area (Å²) in [6.45, 7) is 3.35. The van der Waals surface area contributed by atoms with Crippen LogP contribution in [0.2, 0.25) is 0 Å². The number of hydrogen-bond acceptors (Lipinski definition) is 9. The van der Waals surface area contributed by atoms with Gasteiger partial charge in [-0.15, -0.1) is 0 Å². The maximum Gasteiger partial charge on any atom is 0.490 e. The third-order valence-electron chi connectivity index (χ3n) is 7.22. The molecule has 41 heavy (non-hydrogen) atoms. The lowest BCUT2D eigenvalue weighted by Gasteiger charge is -2.35. The van der Waals surface area contributed by atoms with Gasteiger partial charge in [0.2, 0.25) is 5.60 Å². The van der Waals surface area contributed by atoms with Gasteiger partial charge >= 0.3 is 24.2 Å². The minimum atomic E-state index is -5.37. The van der Waals surface area contributed by atoms with E-state index in [4.69, 9.17) is 24.9 Å². The fourth-order valence-corrected chi connectivity index (χ4v) is 5.30. The van der Waals surface area contributed by atoms with E-state index < -0.39 is 48.4 Å². The van der Waals surface area contributed by atoms with E-state index in [1.54, 1.807) is 18.2 Å². The summed E-state index contributed by atoms with van der Waals surface area (Å²) in [5.41, 5.74) is 4.76. The number of rotatable bonds is 6. The van der Waals surface area contributed by atoms with Crippen LogP contribution >= 0.6 is 0 Å². The highest BCUT2D eigenvalue weighted by atomic mass is 19.4. The number of nitrogens with zero attached hydrogens (tertiary/aromatic N) is 2. The third kappa shape index (κ3) is 4.57. The van der Waals surface area contributed by atoms with Crippen LogP contribution in [-0.2, 0) is 44.2 Å². The van der Waals surface area contributed by atoms with Crippen molar-refractivity contribution in [1.29, 1.82) is 0 Å². The van der Waals surface area contributed by atoms with Crippen molar-refractivity contribution >= 4 is 28.9 Å². The fourth-order valence-electron chi connectivity index (χ4n) is 5.30. The van der Waals surface area contributed by atoms with Gasteiger partial charge in [-0.05, 0) is 42.7 Å². The molecular formula is C27H25F3N4O7. The summed E-state index contributed by atoms with van der Waals surface area (Å²) in [5.74, 6) is -3.50. The molecule has 1 atom stereocenters. The second-order valence-electron chi connectivity index (χ2n) is 9.51. The molecule has 2 aromatic heterocycles. The number of aromatic nitrogens is 2. The van der Waals surface area contributed by atoms with Crippen molar-refractivity contribution in [3.63, 3.8) is 0 Å². The van der Waals surface area contributed by atoms with E-state index in [2.05, 4.69) is 5.32 Å². The second kappa shape index (κ2) is 10.2. The van der Waals surface area contributed by atoms with E-state index in [0.29, 0.717) is 28.6 Å². The number of nitrogens with one attached hydrogen (secondary N) is 1. The third-order valence-corrected chi connectivity index (χ3v) is 7.22. The lowest BCUT2D eigenvalue weighted by atomic mass is 9.85. The largest absolute Gasteiger partial charge is 0.490 e. The second-order valence-corrected chi connectivity index (χ2v) is 9.51. The van der Waals surface area contributed by atoms with Crippen LogP contribution < -0.4 is 21.3 Å². The van der Waals surface area contributed by atoms with E-state index in [1.165, 1.54) is 17.6 Å². The van der Waals surface area contributed by atoms with Crippen molar-refractivity contribution in [3.8, 4) is 17.1 Å². The zero-order valence-electron chi connectivity index (χ0n) is 22.0. The van der Waals surface area contributed by atoms with E-state index in [9.17, 15) is 32.3 Å². The number of alkyl halides is 3. The average molecular weight is 575 g/mol. The quantitative estimate of drug-likeness (QED) is 0.331. The van der Waals surface area contributed by atoms with E-state index in [0.717, 1.165) is 5.56 Å². The molecule has 3 N–H and O–H groups in total. The van der Waals surface area contributed by atoms with Crippen molar-refractivity contribution in [3.05, 3.63) is 56.9 Å². The van der Waals surface area contributed by atoms with Crippen molar-refractivity contribution in [2.24, 2.45) is 5.73 Å². The summed E-state index contributed by atoms with van der Waals surface area (Å²) in [5, 5.41) is 3.19. The Bertz CT molecular complexity index is 1670. The number of pyridine rings is 2. The number of ether oxygens (including phenoxy) is 3. The van der Waals surface area contributed by atoms with Gasteiger partial charge in [0.05, 0.1) is 29.0 Å². The maximum atomic E-state index is 13.6. The van der Waals surface area contributed by atoms with Crippen LogP contribution in [0, 0.1) is 0 Å². The Morgan fingerprint density at radius 2 is 1.95 bits per heavy atom. The molecule has 4 heterocycles. The monoisotopic (exact) mass is 574 g/mol. The molecule has 0 fully saturated rings. The normalized spacial score (nSPS) is 17.4. The van der Waals surface area contributed by atoms with Crippen molar-refractivity contribution in [2.45, 2.75) is 51.6 Å². The first-order valence-corrected chi connectivity index (χ1v) is 12.8. The summed E-state index contributed by atoms with van der Waals surface area (Å²) in [6.07, 6.45) is -5.93. The number of hydrogen-bond donors (Lipinski definition) is 2. The van der Waals surface area contributed by atoms with Crippen molar-refractivity contribution in [1.82, 2.24) is 14.9 Å². The Morgan fingerprint density at radius 3 is 2.61 bits per heavy atom. The number of cyclic esters (lactones) is 1. The summed E-state index contributed by atoms with van der Waals surface area (Å²) in [4.78, 5) is 55.1. The molecule has 0 saturated carbocycles. The molecule has 0 bridgehead atoms. The average Bonchev–Trinajstić information content (AvgIpc) is 3.30. The van der Waals surface area contributed by atoms with Gasteiger partial charge in [0, 0.05) is 29.6 Å². The number of esters is 2. The van der Waals surface area contributed by atoms with Crippen LogP contribution in [0.25, 0.3) is 22.3 Å². The SMILES string of the molecule is CCc1c2c(nc3ccc(OC(=O)NCCN)cc13)-c1cc3c(c(=O)n1C2)COC(=O)[C@@]3(CC)OC(=O)C(F)(F)F. The topological polar surface area (TPSA) is 152 Å². The molecule has 0 aliphatic carbocycles. The first kappa shape index (κ1) is 28.1. The molecule has 0 unspecified atom stereocenters. The van der Waals surface area contributed by atoms with Crippen LogP contribution in [0.1, 0.15) is 42.5 Å². The number of fused-ring (bicyclic) bond motifs is 5. The van der Waals surface area contributed by atoms with Gasteiger partial charge in [0.15, 0.2) is 0 Å². The smallest absolute Gasteiger partial charge is 0.457 e. The zero-order chi connectivity index (χ0) is 29.7. The van der Waals surface area contributed by atoms with Gasteiger partial charge in [-0.3, -0.25) is 4.79 Å². The van der Waals surface area contributed by atoms with Gasteiger partial charge in [0.1, 0.15) is 12.4 Å². The molecule has 2 aliphatic rings. The minimum absolute atomic E-state index is 0.0836. The fraction of sp³-hybridized carbons (Fsp3) is 0.370. The van der Waals surface area contributed by atoms with Crippen LogP contribution in [0.4, 0.5) is 18.0 Å². The maximum absolute atomic E-state index is 13.6. The molecule has 5 rings (SSSR count). The number of aryl methyl sites for hydroxylation is 1. The van der Waals surface area contributed by atoms with E-state index >= 15 is 0 Å². The Labute approximate surface area is 230 Å². The van der Waals surface area contributed by atoms with Crippen LogP contribution in [0.15, 0.2) is 29.1 Å². The van der Waals surface area contributed by atoms with Crippen LogP contribution in [-0.4, -0.2) is 46.8 Å². The van der Waals surface area contributed by atoms with Gasteiger partial charge in [-0.2, -0.15) is 13.2 Å². The van der Waals surface area contributed by atoms with Gasteiger partial charge in [-0.25, -0.2) is 19.4 Å². The van der Waals surface area contributed by atoms with Crippen LogP contribution in [0.3, 0.4) is 0 Å². The number of amides is 1. The number of carbonyl (C=O) groups excluding carboxylic acids is 3. The summed E-state index contributed by atoms with van der Waals surface area (Å²) in [6, 6.07) is 6.23. The van der Waals surface area contributed by atoms with Crippen molar-refractivity contribution in [2.75, 3.05) is 13.1 Å². The summed E-state index contributed by atoms with van der Waals surface area (Å²) in [7, 11) is 0. The van der Waals surface area contributed by atoms with Gasteiger partial charge in [-0.1, -0.05) is 13.8 Å². The molecule has 0 radical (unpaired) electrons. The molecule has 1 amide bonds. The lowest BCUT2D eigenvalue weighted by molar-refractivity contribution is -0.223. The predicted octanol–water partition coefficient (Wildman–Crippen LogP) is 2.80. The predicted molar refractivity (Wildman–Crippen MR) is 137 cm³/mol. The molecular weight excluding hydrogens is 549 g/mol. The molecule has 1 aromatic carbocycles. The Kier molecular flexibility index (Phi) is 6.97. The van der Waals surface area contributed by atoms with Crippen molar-refractivity contribution < 1.29 is 41.8 Å². The van der Waals surface area contributed by atoms with E-state index in [1.807, 2.05) is 6.92 Å². The molecule has 11 nitrogen and oxygen atoms in total. The molecule has 0 saturated heterocycles. The highest BCUT2D eigenvalue weighted by Crippen LogP contribution is 2.43. The van der Waals surface area contributed by atoms with Gasteiger partial charge < -0.3 is 29.8 Å². The number of carbonyl (C=O) groups is 3. The van der Waals surface area contributed by atoms with Crippen LogP contribution in [0.5, 0.6) is 5.75 Å². The molecule has 0 spiro atoms. The Morgan fingerprint density at radius 1 is 1.20 bits per heavy atom. The molecule has 2 aliphatic heterocycles. The zero-order valence-corrected chi connectivity index (χ0v) is 22.0. The highest BCUT2D eigenvalue weighted by Gasteiger charge is 2.54. The molecule has 3 aromatic rings. The summed E-state index contributed by atoms with van der Waals surface area (Å²) >= 11 is 0. The number of nitrogens with two attached hydrogens (primary N) is 1. The highest BCUT2D eigenvalue weighted by molar-refractivity contribution is 5.91. The standard InChI is InChI=1S/C27H25F3N4O7/c1-3-14-15-9-13(40-25(38)32-8-7-31)5-6-19(15)33-21-16(14)11-34-20(21)10-18-17(22(34)35)12-39-23(36)26(18,4-2)41-24(37)27(28,29)30/h5-6,9-10H,3-4,7-8,11-12,31H2,1-2H3,(H,32,38)/t26-/m0/s1. The summed E-state index contributed by atoms with van der Waals surface area (Å²) < 4.78 is 56.0. The lowest BCUT2D eigenvalue weighted by Crippen LogP contribution is -2.49. The molecule has 216 valence electrons. The Hall–Kier alpha value is -4.46. The molecule has 14 heteroatoms. The first-order valence-electron chi connectivity index (χ1n) is 12.8. The van der Waals surface area contributed by atoms with Gasteiger partial charge in [0.25, 0.3) is 5.56 Å². The first-order chi connectivity index (χ1) is 19.4. The van der Waals surface area contributed by atoms with E-state index in [-0.39, 0.29) is 42.2 Å². The number of halogens is 3. The Balaban J connectivity index is 1.65. The minimum Gasteiger partial charge on any atom is -0.457 e.